The zero-order valence-electron chi connectivity index (χ0n) is 16.1. The van der Waals surface area contributed by atoms with Gasteiger partial charge in [0.15, 0.2) is 0 Å². The third-order valence-electron chi connectivity index (χ3n) is 5.88. The molecule has 1 N–H and O–H groups in total. The van der Waals surface area contributed by atoms with Gasteiger partial charge in [0.25, 0.3) is 0 Å². The number of carbonyl (C=O) groups excluding carboxylic acids is 1. The Bertz CT molecular complexity index is 844. The molecule has 1 aliphatic heterocycles. The van der Waals surface area contributed by atoms with Crippen molar-refractivity contribution in [3.63, 3.8) is 0 Å². The second-order valence-electron chi connectivity index (χ2n) is 7.76. The molecule has 1 aromatic carbocycles. The third-order valence-corrected chi connectivity index (χ3v) is 5.88. The van der Waals surface area contributed by atoms with E-state index in [9.17, 15) is 4.79 Å². The predicted molar refractivity (Wildman–Crippen MR) is 107 cm³/mol. The average molecular weight is 351 g/mol. The van der Waals surface area contributed by atoms with Crippen molar-refractivity contribution >= 4 is 22.4 Å². The lowest BCUT2D eigenvalue weighted by molar-refractivity contribution is -0.134. The number of likely N-dealkylation sites (N-methyl/N-ethyl adjacent to an activating group) is 1. The van der Waals surface area contributed by atoms with Crippen molar-refractivity contribution in [1.29, 1.82) is 0 Å². The molecule has 0 radical (unpaired) electrons. The van der Waals surface area contributed by atoms with E-state index in [1.54, 1.807) is 0 Å². The van der Waals surface area contributed by atoms with Crippen LogP contribution in [-0.2, 0) is 11.2 Å². The van der Waals surface area contributed by atoms with Crippen LogP contribution in [-0.4, -0.2) is 53.4 Å². The third kappa shape index (κ3) is 2.77. The van der Waals surface area contributed by atoms with Crippen molar-refractivity contribution in [3.05, 3.63) is 41.6 Å². The first-order chi connectivity index (χ1) is 12.6. The summed E-state index contributed by atoms with van der Waals surface area (Å²) in [4.78, 5) is 21.0. The summed E-state index contributed by atoms with van der Waals surface area (Å²) in [6.45, 7) is 6.82. The average Bonchev–Trinajstić information content (AvgIpc) is 3.06. The van der Waals surface area contributed by atoms with Gasteiger partial charge in [-0.15, -0.1) is 0 Å². The van der Waals surface area contributed by atoms with E-state index in [-0.39, 0.29) is 5.92 Å². The van der Waals surface area contributed by atoms with Gasteiger partial charge in [0.2, 0.25) is 5.91 Å². The van der Waals surface area contributed by atoms with Crippen molar-refractivity contribution < 1.29 is 4.79 Å². The van der Waals surface area contributed by atoms with E-state index in [0.717, 1.165) is 38.9 Å². The highest BCUT2D eigenvalue weighted by Gasteiger charge is 2.36. The molecule has 138 valence electrons. The number of hydrogen-bond acceptors (Lipinski definition) is 2. The minimum absolute atomic E-state index is 0.0416. The number of fused-ring (bicyclic) bond motifs is 2. The van der Waals surface area contributed by atoms with Crippen molar-refractivity contribution in [2.24, 2.45) is 5.92 Å². The van der Waals surface area contributed by atoms with Crippen LogP contribution in [0.2, 0.25) is 0 Å². The van der Waals surface area contributed by atoms with Gasteiger partial charge in [-0.2, -0.15) is 0 Å². The van der Waals surface area contributed by atoms with Gasteiger partial charge in [-0.25, -0.2) is 0 Å². The van der Waals surface area contributed by atoms with Crippen LogP contribution in [0.5, 0.6) is 0 Å². The number of benzene rings is 1. The molecular weight excluding hydrogens is 322 g/mol. The van der Waals surface area contributed by atoms with Gasteiger partial charge in [0.1, 0.15) is 0 Å². The Hall–Kier alpha value is -2.07. The van der Waals surface area contributed by atoms with Crippen LogP contribution in [0.4, 0.5) is 0 Å². The second kappa shape index (κ2) is 6.92. The van der Waals surface area contributed by atoms with Crippen LogP contribution in [0.15, 0.2) is 30.5 Å². The summed E-state index contributed by atoms with van der Waals surface area (Å²) in [6.07, 6.45) is 7.48. The first-order valence-electron chi connectivity index (χ1n) is 9.94. The first-order valence-corrected chi connectivity index (χ1v) is 9.94. The molecule has 0 spiro atoms. The second-order valence-corrected chi connectivity index (χ2v) is 7.76. The van der Waals surface area contributed by atoms with Crippen LogP contribution in [0.25, 0.3) is 16.5 Å². The Morgan fingerprint density at radius 3 is 2.77 bits per heavy atom. The molecule has 0 bridgehead atoms. The monoisotopic (exact) mass is 351 g/mol. The highest BCUT2D eigenvalue weighted by molar-refractivity contribution is 5.99. The van der Waals surface area contributed by atoms with Gasteiger partial charge in [-0.05, 0) is 49.1 Å². The zero-order chi connectivity index (χ0) is 18.3. The number of hydrogen-bond donors (Lipinski definition) is 1. The summed E-state index contributed by atoms with van der Waals surface area (Å²) in [7, 11) is 2.17. The molecule has 0 saturated heterocycles. The Morgan fingerprint density at radius 2 is 2.04 bits per heavy atom. The number of aromatic amines is 1. The van der Waals surface area contributed by atoms with Crippen LogP contribution in [0, 0.1) is 5.92 Å². The number of aromatic nitrogens is 1. The molecule has 1 aromatic heterocycles. The fraction of sp³-hybridized carbons (Fsp3) is 0.500. The van der Waals surface area contributed by atoms with E-state index in [1.165, 1.54) is 27.6 Å². The number of carbonyl (C=O) groups is 1. The highest BCUT2D eigenvalue weighted by atomic mass is 16.2. The molecule has 0 fully saturated rings. The molecule has 1 amide bonds. The molecule has 4 heteroatoms. The van der Waals surface area contributed by atoms with Crippen molar-refractivity contribution in [2.75, 3.05) is 26.7 Å². The number of nitrogens with one attached hydrogen (secondary N) is 1. The van der Waals surface area contributed by atoms with Crippen molar-refractivity contribution in [2.45, 2.75) is 39.2 Å². The Morgan fingerprint density at radius 1 is 1.27 bits per heavy atom. The Balaban J connectivity index is 1.73. The minimum Gasteiger partial charge on any atom is -0.361 e. The molecule has 2 aromatic rings. The number of rotatable bonds is 5. The van der Waals surface area contributed by atoms with Gasteiger partial charge in [0, 0.05) is 42.8 Å². The summed E-state index contributed by atoms with van der Waals surface area (Å²) in [5, 5.41) is 1.34. The molecular formula is C22H29N3O. The summed E-state index contributed by atoms with van der Waals surface area (Å²) < 4.78 is 0. The maximum absolute atomic E-state index is 13.2. The topological polar surface area (TPSA) is 39.3 Å². The fourth-order valence-corrected chi connectivity index (χ4v) is 4.71. The molecule has 2 heterocycles. The van der Waals surface area contributed by atoms with E-state index >= 15 is 0 Å². The summed E-state index contributed by atoms with van der Waals surface area (Å²) in [6, 6.07) is 6.85. The van der Waals surface area contributed by atoms with Gasteiger partial charge < -0.3 is 9.88 Å². The van der Waals surface area contributed by atoms with Gasteiger partial charge in [-0.1, -0.05) is 32.1 Å². The smallest absolute Gasteiger partial charge is 0.230 e. The van der Waals surface area contributed by atoms with Crippen molar-refractivity contribution in [1.82, 2.24) is 14.8 Å². The quantitative estimate of drug-likeness (QED) is 0.892. The Kier molecular flexibility index (Phi) is 4.62. The molecule has 2 atom stereocenters. The highest BCUT2D eigenvalue weighted by Crippen LogP contribution is 2.40. The maximum Gasteiger partial charge on any atom is 0.230 e. The number of amides is 1. The molecule has 2 aliphatic rings. The number of nitrogens with zero attached hydrogens (tertiary/aromatic N) is 2. The SMILES string of the molecule is CCCN(CCC)C(=O)C1C=C2c3cccc4[nH]cc(c34)CC2N(C)C1. The van der Waals surface area contributed by atoms with Gasteiger partial charge in [-0.3, -0.25) is 9.69 Å². The lowest BCUT2D eigenvalue weighted by atomic mass is 9.79. The van der Waals surface area contributed by atoms with E-state index in [4.69, 9.17) is 0 Å². The predicted octanol–water partition coefficient (Wildman–Crippen LogP) is 3.69. The van der Waals surface area contributed by atoms with Crippen LogP contribution >= 0.6 is 0 Å². The molecule has 1 aliphatic carbocycles. The molecule has 4 rings (SSSR count). The van der Waals surface area contributed by atoms with E-state index in [2.05, 4.69) is 66.2 Å². The van der Waals surface area contributed by atoms with Crippen LogP contribution < -0.4 is 0 Å². The van der Waals surface area contributed by atoms with Crippen LogP contribution in [0.1, 0.15) is 37.8 Å². The molecule has 4 nitrogen and oxygen atoms in total. The normalized spacial score (nSPS) is 22.2. The molecule has 26 heavy (non-hydrogen) atoms. The van der Waals surface area contributed by atoms with E-state index < -0.39 is 0 Å². The van der Waals surface area contributed by atoms with E-state index in [0.29, 0.717) is 11.9 Å². The summed E-state index contributed by atoms with van der Waals surface area (Å²) in [5.74, 6) is 0.249. The maximum atomic E-state index is 13.2. The molecule has 2 unspecified atom stereocenters. The largest absolute Gasteiger partial charge is 0.361 e. The van der Waals surface area contributed by atoms with Crippen LogP contribution in [0.3, 0.4) is 0 Å². The standard InChI is InChI=1S/C22H29N3O/c1-4-9-25(10-5-2)22(26)16-11-18-17-7-6-8-19-21(17)15(13-23-19)12-20(18)24(3)14-16/h6-8,11,13,16,20,23H,4-5,9-10,12,14H2,1-3H3. The van der Waals surface area contributed by atoms with Crippen molar-refractivity contribution in [3.8, 4) is 0 Å². The summed E-state index contributed by atoms with van der Waals surface area (Å²) >= 11 is 0. The van der Waals surface area contributed by atoms with E-state index in [1.807, 2.05) is 0 Å². The minimum atomic E-state index is -0.0416. The van der Waals surface area contributed by atoms with Gasteiger partial charge >= 0.3 is 0 Å². The lowest BCUT2D eigenvalue weighted by Crippen LogP contribution is -2.47. The zero-order valence-corrected chi connectivity index (χ0v) is 16.1. The molecule has 0 saturated carbocycles. The van der Waals surface area contributed by atoms with Gasteiger partial charge in [0.05, 0.1) is 5.92 Å². The lowest BCUT2D eigenvalue weighted by Gasteiger charge is -2.40. The fourth-order valence-electron chi connectivity index (χ4n) is 4.71. The Labute approximate surface area is 155 Å². The first kappa shape index (κ1) is 17.3. The summed E-state index contributed by atoms with van der Waals surface area (Å²) in [5.41, 5.74) is 5.24. The number of H-pyrrole nitrogens is 1.